The van der Waals surface area contributed by atoms with Crippen molar-refractivity contribution in [2.24, 2.45) is 0 Å². The lowest BCUT2D eigenvalue weighted by molar-refractivity contribution is 1.07. The molecule has 3 aromatic heterocycles. The van der Waals surface area contributed by atoms with Gasteiger partial charge in [-0.2, -0.15) is 0 Å². The van der Waals surface area contributed by atoms with Gasteiger partial charge in [0, 0.05) is 58.0 Å². The van der Waals surface area contributed by atoms with Crippen molar-refractivity contribution in [2.75, 3.05) is 4.90 Å². The Labute approximate surface area is 337 Å². The van der Waals surface area contributed by atoms with Crippen molar-refractivity contribution in [3.8, 4) is 45.3 Å². The van der Waals surface area contributed by atoms with Crippen molar-refractivity contribution in [3.05, 3.63) is 194 Å². The van der Waals surface area contributed by atoms with Gasteiger partial charge in [-0.15, -0.1) is 22.7 Å². The second-order valence-electron chi connectivity index (χ2n) is 14.0. The molecular formula is C51H32N4S2. The fourth-order valence-electron chi connectivity index (χ4n) is 7.83. The van der Waals surface area contributed by atoms with Crippen LogP contribution in [0.1, 0.15) is 0 Å². The van der Waals surface area contributed by atoms with Crippen molar-refractivity contribution >= 4 is 80.1 Å². The van der Waals surface area contributed by atoms with Gasteiger partial charge in [-0.1, -0.05) is 152 Å². The van der Waals surface area contributed by atoms with Crippen LogP contribution >= 0.6 is 22.7 Å². The van der Waals surface area contributed by atoms with Crippen LogP contribution < -0.4 is 4.90 Å². The van der Waals surface area contributed by atoms with E-state index in [2.05, 4.69) is 163 Å². The molecule has 11 rings (SSSR count). The summed E-state index contributed by atoms with van der Waals surface area (Å²) in [6, 6.07) is 68.6. The smallest absolute Gasteiger partial charge is 0.164 e. The number of rotatable bonds is 7. The van der Waals surface area contributed by atoms with Crippen LogP contribution in [0.2, 0.25) is 0 Å². The lowest BCUT2D eigenvalue weighted by Crippen LogP contribution is -2.11. The maximum Gasteiger partial charge on any atom is 0.164 e. The summed E-state index contributed by atoms with van der Waals surface area (Å²) >= 11 is 3.65. The van der Waals surface area contributed by atoms with Gasteiger partial charge in [0.2, 0.25) is 0 Å². The lowest BCUT2D eigenvalue weighted by Gasteiger charge is -2.28. The molecule has 11 aromatic rings. The molecule has 0 amide bonds. The molecule has 0 spiro atoms. The highest BCUT2D eigenvalue weighted by molar-refractivity contribution is 7.26. The molecule has 0 bridgehead atoms. The van der Waals surface area contributed by atoms with Crippen LogP contribution in [0.15, 0.2) is 194 Å². The van der Waals surface area contributed by atoms with E-state index < -0.39 is 0 Å². The minimum Gasteiger partial charge on any atom is -0.308 e. The quantitative estimate of drug-likeness (QED) is 0.162. The first-order valence-electron chi connectivity index (χ1n) is 18.9. The average molecular weight is 765 g/mol. The van der Waals surface area contributed by atoms with E-state index in [-0.39, 0.29) is 0 Å². The summed E-state index contributed by atoms with van der Waals surface area (Å²) in [5.74, 6) is 1.91. The van der Waals surface area contributed by atoms with Crippen molar-refractivity contribution in [1.82, 2.24) is 15.0 Å². The maximum absolute atomic E-state index is 5.20. The van der Waals surface area contributed by atoms with Crippen LogP contribution in [-0.2, 0) is 0 Å². The number of fused-ring (bicyclic) bond motifs is 6. The van der Waals surface area contributed by atoms with Gasteiger partial charge in [0.25, 0.3) is 0 Å². The van der Waals surface area contributed by atoms with Gasteiger partial charge in [0.15, 0.2) is 17.5 Å². The Morgan fingerprint density at radius 2 is 0.842 bits per heavy atom. The average Bonchev–Trinajstić information content (AvgIpc) is 3.87. The number of anilines is 3. The van der Waals surface area contributed by atoms with Gasteiger partial charge in [-0.05, 0) is 53.6 Å². The van der Waals surface area contributed by atoms with Gasteiger partial charge in [0.1, 0.15) is 0 Å². The molecule has 8 aromatic carbocycles. The Kier molecular flexibility index (Phi) is 8.16. The van der Waals surface area contributed by atoms with Crippen LogP contribution in [0.25, 0.3) is 85.6 Å². The Hall–Kier alpha value is -6.99. The van der Waals surface area contributed by atoms with Crippen molar-refractivity contribution in [1.29, 1.82) is 0 Å². The maximum atomic E-state index is 5.20. The second kappa shape index (κ2) is 13.9. The predicted octanol–water partition coefficient (Wildman–Crippen LogP) is 14.7. The molecule has 0 saturated heterocycles. The minimum absolute atomic E-state index is 0.628. The first-order valence-corrected chi connectivity index (χ1v) is 20.6. The number of aromatic nitrogens is 3. The van der Waals surface area contributed by atoms with Gasteiger partial charge in [-0.3, -0.25) is 0 Å². The lowest BCUT2D eigenvalue weighted by atomic mass is 10.0. The Morgan fingerprint density at radius 3 is 1.49 bits per heavy atom. The Balaban J connectivity index is 1.21. The van der Waals surface area contributed by atoms with E-state index >= 15 is 0 Å². The van der Waals surface area contributed by atoms with Crippen LogP contribution in [0.5, 0.6) is 0 Å². The molecule has 268 valence electrons. The fourth-order valence-corrected chi connectivity index (χ4v) is 10.2. The zero-order valence-electron chi connectivity index (χ0n) is 30.6. The molecular weight excluding hydrogens is 733 g/mol. The second-order valence-corrected chi connectivity index (χ2v) is 16.1. The van der Waals surface area contributed by atoms with Gasteiger partial charge in [-0.25, -0.2) is 15.0 Å². The molecule has 0 aliphatic rings. The highest BCUT2D eigenvalue weighted by Gasteiger charge is 2.24. The molecule has 0 atom stereocenters. The number of benzene rings is 8. The van der Waals surface area contributed by atoms with E-state index in [0.717, 1.165) is 33.8 Å². The monoisotopic (exact) mass is 764 g/mol. The van der Waals surface area contributed by atoms with E-state index in [9.17, 15) is 0 Å². The Morgan fingerprint density at radius 1 is 0.333 bits per heavy atom. The van der Waals surface area contributed by atoms with Gasteiger partial charge in [0.05, 0.1) is 16.1 Å². The summed E-state index contributed by atoms with van der Waals surface area (Å²) in [4.78, 5) is 17.9. The molecule has 0 unspecified atom stereocenters. The number of nitrogens with zero attached hydrogens (tertiary/aromatic N) is 4. The van der Waals surface area contributed by atoms with Crippen LogP contribution in [0.3, 0.4) is 0 Å². The van der Waals surface area contributed by atoms with Crippen molar-refractivity contribution in [2.45, 2.75) is 0 Å². The van der Waals surface area contributed by atoms with Crippen LogP contribution in [0.4, 0.5) is 17.1 Å². The van der Waals surface area contributed by atoms with Crippen LogP contribution in [-0.4, -0.2) is 15.0 Å². The molecule has 0 fully saturated rings. The third-order valence-electron chi connectivity index (χ3n) is 10.5. The number of hydrogen-bond donors (Lipinski definition) is 0. The molecule has 0 aliphatic carbocycles. The third kappa shape index (κ3) is 5.94. The highest BCUT2D eigenvalue weighted by Crippen LogP contribution is 2.50. The first kappa shape index (κ1) is 33.4. The molecule has 4 nitrogen and oxygen atoms in total. The van der Waals surface area contributed by atoms with Gasteiger partial charge >= 0.3 is 0 Å². The third-order valence-corrected chi connectivity index (χ3v) is 12.8. The molecule has 3 heterocycles. The largest absolute Gasteiger partial charge is 0.308 e. The SMILES string of the molecule is c1ccc(-c2ccc(N(c3cccc4c3sc3ccccc34)c3cc(-c4nc(-c5ccccc5)nc(-c5ccccc5)n4)cc4sc5ccccc5c34)cc2)cc1. The molecule has 0 saturated carbocycles. The zero-order valence-corrected chi connectivity index (χ0v) is 32.2. The summed E-state index contributed by atoms with van der Waals surface area (Å²) in [6.45, 7) is 0. The normalized spacial score (nSPS) is 11.5. The topological polar surface area (TPSA) is 41.9 Å². The molecule has 0 radical (unpaired) electrons. The summed E-state index contributed by atoms with van der Waals surface area (Å²) < 4.78 is 4.91. The van der Waals surface area contributed by atoms with Crippen LogP contribution in [0, 0.1) is 0 Å². The summed E-state index contributed by atoms with van der Waals surface area (Å²) in [5, 5.41) is 4.94. The predicted molar refractivity (Wildman–Crippen MR) is 242 cm³/mol. The van der Waals surface area contributed by atoms with E-state index in [1.807, 2.05) is 47.7 Å². The zero-order chi connectivity index (χ0) is 37.7. The minimum atomic E-state index is 0.628. The van der Waals surface area contributed by atoms with E-state index in [1.165, 1.54) is 51.5 Å². The number of hydrogen-bond acceptors (Lipinski definition) is 6. The summed E-state index contributed by atoms with van der Waals surface area (Å²) in [6.07, 6.45) is 0. The number of thiophene rings is 2. The summed E-state index contributed by atoms with van der Waals surface area (Å²) in [5.41, 5.74) is 8.44. The first-order chi connectivity index (χ1) is 28.2. The summed E-state index contributed by atoms with van der Waals surface area (Å²) in [7, 11) is 0. The Bertz CT molecular complexity index is 3170. The standard InChI is InChI=1S/C51H32N4S2/c1-4-15-33(16-5-1)34-27-29-38(30-28-34)55(42-24-14-23-40-39-21-10-12-25-44(39)57-48(40)42)43-31-37(32-46-47(43)41-22-11-13-26-45(41)56-46)51-53-49(35-17-6-2-7-18-35)52-50(54-51)36-19-8-3-9-20-36/h1-32H. The van der Waals surface area contributed by atoms with E-state index in [1.54, 1.807) is 11.3 Å². The van der Waals surface area contributed by atoms with Crippen molar-refractivity contribution in [3.63, 3.8) is 0 Å². The molecule has 6 heteroatoms. The molecule has 0 N–H and O–H groups in total. The molecule has 57 heavy (non-hydrogen) atoms. The fraction of sp³-hybridized carbons (Fsp3) is 0. The molecule has 0 aliphatic heterocycles. The van der Waals surface area contributed by atoms with E-state index in [0.29, 0.717) is 17.5 Å². The highest BCUT2D eigenvalue weighted by atomic mass is 32.1. The van der Waals surface area contributed by atoms with Crippen molar-refractivity contribution < 1.29 is 0 Å². The van der Waals surface area contributed by atoms with E-state index in [4.69, 9.17) is 15.0 Å². The van der Waals surface area contributed by atoms with Gasteiger partial charge < -0.3 is 4.90 Å².